The van der Waals surface area contributed by atoms with Crippen molar-refractivity contribution >= 4 is 51.5 Å². The first kappa shape index (κ1) is 22.7. The van der Waals surface area contributed by atoms with Crippen LogP contribution < -0.4 is 10.1 Å². The molecule has 1 aliphatic heterocycles. The van der Waals surface area contributed by atoms with Crippen LogP contribution in [0.1, 0.15) is 30.7 Å². The summed E-state index contributed by atoms with van der Waals surface area (Å²) in [5.41, 5.74) is 2.49. The van der Waals surface area contributed by atoms with Crippen molar-refractivity contribution in [2.75, 3.05) is 0 Å². The third-order valence-electron chi connectivity index (χ3n) is 4.51. The van der Waals surface area contributed by atoms with Gasteiger partial charge >= 0.3 is 0 Å². The first-order valence-corrected chi connectivity index (χ1v) is 11.1. The summed E-state index contributed by atoms with van der Waals surface area (Å²) in [7, 11) is 0. The van der Waals surface area contributed by atoms with Crippen molar-refractivity contribution in [2.24, 2.45) is 4.99 Å². The molecule has 1 N–H and O–H groups in total. The molecule has 4 rings (SSSR count). The van der Waals surface area contributed by atoms with E-state index < -0.39 is 11.7 Å². The van der Waals surface area contributed by atoms with Crippen LogP contribution in [0.5, 0.6) is 5.75 Å². The molecule has 0 unspecified atom stereocenters. The van der Waals surface area contributed by atoms with Crippen LogP contribution in [-0.2, 0) is 11.3 Å². The number of aliphatic imine (C=N–C) groups is 1. The summed E-state index contributed by atoms with van der Waals surface area (Å²) >= 11 is 7.21. The molecule has 10 heteroatoms. The number of hydrogen-bond donors (Lipinski definition) is 1. The van der Waals surface area contributed by atoms with Gasteiger partial charge in [-0.25, -0.2) is 9.37 Å². The fourth-order valence-corrected chi connectivity index (χ4v) is 4.06. The zero-order chi connectivity index (χ0) is 23.5. The third kappa shape index (κ3) is 5.13. The Labute approximate surface area is 198 Å². The number of rotatable bonds is 5. The molecule has 166 valence electrons. The summed E-state index contributed by atoms with van der Waals surface area (Å²) in [6.07, 6.45) is 2.92. The number of amides is 1. The van der Waals surface area contributed by atoms with Crippen molar-refractivity contribution in [1.82, 2.24) is 15.3 Å². The van der Waals surface area contributed by atoms with E-state index in [0.717, 1.165) is 11.8 Å². The normalized spacial score (nSPS) is 14.6. The molecule has 0 spiro atoms. The monoisotopic (exact) mass is 481 g/mol. The van der Waals surface area contributed by atoms with Crippen LogP contribution in [0.2, 0.25) is 5.02 Å². The van der Waals surface area contributed by atoms with Crippen LogP contribution in [0.4, 0.5) is 4.39 Å². The summed E-state index contributed by atoms with van der Waals surface area (Å²) in [6.45, 7) is 4.01. The largest absolute Gasteiger partial charge is 0.487 e. The number of nitriles is 1. The molecule has 0 fully saturated rings. The molecule has 33 heavy (non-hydrogen) atoms. The maximum atomic E-state index is 13.2. The van der Waals surface area contributed by atoms with E-state index in [-0.39, 0.29) is 18.2 Å². The number of hydrogen-bond acceptors (Lipinski definition) is 7. The Morgan fingerprint density at radius 1 is 1.33 bits per heavy atom. The zero-order valence-corrected chi connectivity index (χ0v) is 19.2. The molecule has 0 bridgehead atoms. The van der Waals surface area contributed by atoms with E-state index in [9.17, 15) is 14.4 Å². The number of benzene rings is 1. The molecular formula is C23H17ClFN5O2S. The van der Waals surface area contributed by atoms with Gasteiger partial charge in [-0.2, -0.15) is 10.3 Å². The second kappa shape index (κ2) is 9.57. The first-order valence-electron chi connectivity index (χ1n) is 9.91. The molecule has 1 amide bonds. The Kier molecular flexibility index (Phi) is 6.58. The molecule has 2 aromatic heterocycles. The van der Waals surface area contributed by atoms with Crippen molar-refractivity contribution in [3.05, 3.63) is 69.1 Å². The predicted octanol–water partition coefficient (Wildman–Crippen LogP) is 4.84. The summed E-state index contributed by atoms with van der Waals surface area (Å²) < 4.78 is 19.0. The maximum absolute atomic E-state index is 13.2. The highest BCUT2D eigenvalue weighted by atomic mass is 35.5. The van der Waals surface area contributed by atoms with Crippen LogP contribution in [-0.4, -0.2) is 27.1 Å². The summed E-state index contributed by atoms with van der Waals surface area (Å²) in [6, 6.07) is 9.68. The molecule has 0 aliphatic carbocycles. The van der Waals surface area contributed by atoms with Crippen molar-refractivity contribution in [3.63, 3.8) is 0 Å². The Balaban J connectivity index is 1.56. The van der Waals surface area contributed by atoms with Crippen LogP contribution in [0.15, 0.2) is 46.4 Å². The molecule has 1 aliphatic rings. The van der Waals surface area contributed by atoms with E-state index in [0.29, 0.717) is 43.1 Å². The van der Waals surface area contributed by atoms with Crippen LogP contribution in [0.25, 0.3) is 17.1 Å². The number of ether oxygens (including phenoxy) is 1. The fraction of sp³-hybridized carbons (Fsp3) is 0.174. The van der Waals surface area contributed by atoms with Gasteiger partial charge in [-0.15, -0.1) is 0 Å². The number of fused-ring (bicyclic) bond motifs is 1. The third-order valence-corrected chi connectivity index (χ3v) is 5.80. The van der Waals surface area contributed by atoms with E-state index in [1.807, 2.05) is 13.8 Å². The lowest BCUT2D eigenvalue weighted by atomic mass is 10.2. The van der Waals surface area contributed by atoms with E-state index >= 15 is 0 Å². The van der Waals surface area contributed by atoms with Gasteiger partial charge in [0.1, 0.15) is 23.0 Å². The number of halogens is 2. The van der Waals surface area contributed by atoms with Crippen LogP contribution in [0.3, 0.4) is 0 Å². The van der Waals surface area contributed by atoms with Crippen LogP contribution >= 0.6 is 23.4 Å². The van der Waals surface area contributed by atoms with Gasteiger partial charge in [-0.3, -0.25) is 9.78 Å². The van der Waals surface area contributed by atoms with Crippen molar-refractivity contribution < 1.29 is 13.9 Å². The van der Waals surface area contributed by atoms with Gasteiger partial charge in [0.25, 0.3) is 5.91 Å². The molecule has 7 nitrogen and oxygen atoms in total. The zero-order valence-electron chi connectivity index (χ0n) is 17.6. The smallest absolute Gasteiger partial charge is 0.286 e. The summed E-state index contributed by atoms with van der Waals surface area (Å²) in [5.74, 6) is -0.464. The minimum Gasteiger partial charge on any atom is -0.487 e. The average Bonchev–Trinajstić information content (AvgIpc) is 3.12. The first-order chi connectivity index (χ1) is 15.8. The minimum atomic E-state index is -0.418. The highest BCUT2D eigenvalue weighted by Crippen LogP contribution is 2.31. The van der Waals surface area contributed by atoms with Gasteiger partial charge in [-0.1, -0.05) is 17.7 Å². The SMILES string of the molecule is CC(C)Oc1c(C#N)cnc2ccc(/C=C3\SC(NCc4ccc(F)cc4Cl)=NC3=O)nc12. The second-order valence-corrected chi connectivity index (χ2v) is 8.74. The van der Waals surface area contributed by atoms with Gasteiger partial charge in [0.15, 0.2) is 10.9 Å². The Morgan fingerprint density at radius 2 is 2.15 bits per heavy atom. The molecule has 3 aromatic rings. The number of aromatic nitrogens is 2. The second-order valence-electron chi connectivity index (χ2n) is 7.31. The van der Waals surface area contributed by atoms with Gasteiger partial charge in [0.05, 0.1) is 22.2 Å². The van der Waals surface area contributed by atoms with E-state index in [4.69, 9.17) is 16.3 Å². The number of carbonyl (C=O) groups is 1. The van der Waals surface area contributed by atoms with Crippen LogP contribution in [0, 0.1) is 17.1 Å². The number of nitrogens with one attached hydrogen (secondary N) is 1. The van der Waals surface area contributed by atoms with Crippen molar-refractivity contribution in [1.29, 1.82) is 5.26 Å². The standard InChI is InChI=1S/C23H17ClFN5O2S/c1-12(2)32-21-14(9-26)11-27-18-6-5-16(29-20(18)21)8-19-22(31)30-23(33-19)28-10-13-3-4-15(25)7-17(13)24/h3-8,11-12H,10H2,1-2H3,(H,28,30,31)/b19-8-. The minimum absolute atomic E-state index is 0.157. The number of carbonyl (C=O) groups excluding carboxylic acids is 1. The lowest BCUT2D eigenvalue weighted by molar-refractivity contribution is -0.113. The van der Waals surface area contributed by atoms with Gasteiger partial charge in [0, 0.05) is 17.8 Å². The van der Waals surface area contributed by atoms with E-state index in [1.54, 1.807) is 24.3 Å². The Bertz CT molecular complexity index is 1370. The van der Waals surface area contributed by atoms with E-state index in [1.165, 1.54) is 18.3 Å². The molecule has 0 saturated heterocycles. The maximum Gasteiger partial charge on any atom is 0.286 e. The molecule has 0 atom stereocenters. The lowest BCUT2D eigenvalue weighted by Gasteiger charge is -2.13. The highest BCUT2D eigenvalue weighted by molar-refractivity contribution is 8.18. The molecule has 3 heterocycles. The molecule has 1 aromatic carbocycles. The quantitative estimate of drug-likeness (QED) is 0.520. The molecule has 0 saturated carbocycles. The van der Waals surface area contributed by atoms with E-state index in [2.05, 4.69) is 26.3 Å². The Morgan fingerprint density at radius 3 is 2.88 bits per heavy atom. The summed E-state index contributed by atoms with van der Waals surface area (Å²) in [4.78, 5) is 25.6. The highest BCUT2D eigenvalue weighted by Gasteiger charge is 2.22. The molecular weight excluding hydrogens is 465 g/mol. The summed E-state index contributed by atoms with van der Waals surface area (Å²) in [5, 5.41) is 13.1. The van der Waals surface area contributed by atoms with Crippen molar-refractivity contribution in [3.8, 4) is 11.8 Å². The fourth-order valence-electron chi connectivity index (χ4n) is 3.03. The molecule has 0 radical (unpaired) electrons. The Hall–Kier alpha value is -3.48. The van der Waals surface area contributed by atoms with Gasteiger partial charge < -0.3 is 10.1 Å². The van der Waals surface area contributed by atoms with Crippen molar-refractivity contribution in [2.45, 2.75) is 26.5 Å². The predicted molar refractivity (Wildman–Crippen MR) is 126 cm³/mol. The number of nitrogens with zero attached hydrogens (tertiary/aromatic N) is 4. The lowest BCUT2D eigenvalue weighted by Crippen LogP contribution is -2.18. The average molecular weight is 482 g/mol. The van der Waals surface area contributed by atoms with Gasteiger partial charge in [0.2, 0.25) is 0 Å². The van der Waals surface area contributed by atoms with Gasteiger partial charge in [-0.05, 0) is 61.5 Å². The number of amidine groups is 1. The topological polar surface area (TPSA) is 100 Å². The number of pyridine rings is 2. The number of thioether (sulfide) groups is 1.